The van der Waals surface area contributed by atoms with E-state index < -0.39 is 84.9 Å². The van der Waals surface area contributed by atoms with Gasteiger partial charge < -0.3 is 119 Å². The molecular formula is C93H166N4O29S2. The van der Waals surface area contributed by atoms with E-state index in [2.05, 4.69) is 16.0 Å². The fourth-order valence-electron chi connectivity index (χ4n) is 17.2. The van der Waals surface area contributed by atoms with Crippen molar-refractivity contribution in [2.45, 2.75) is 357 Å². The first-order chi connectivity index (χ1) is 61.8. The lowest BCUT2D eigenvalue weighted by atomic mass is 9.71. The number of alkyl carbamates (subject to hydrolysis) is 1. The van der Waals surface area contributed by atoms with E-state index in [9.17, 15) is 89.1 Å². The van der Waals surface area contributed by atoms with Crippen molar-refractivity contribution in [2.24, 2.45) is 35.0 Å². The summed E-state index contributed by atoms with van der Waals surface area (Å²) in [6.45, 7) is 9.23. The van der Waals surface area contributed by atoms with E-state index in [-0.39, 0.29) is 175 Å². The Balaban J connectivity index is 1.24. The summed E-state index contributed by atoms with van der Waals surface area (Å²) in [6, 6.07) is 0.0127. The van der Waals surface area contributed by atoms with Crippen LogP contribution >= 0.6 is 21.6 Å². The topological polar surface area (TPSA) is 477 Å². The quantitative estimate of drug-likeness (QED) is 0.0117. The van der Waals surface area contributed by atoms with Crippen LogP contribution in [0.25, 0.3) is 0 Å². The van der Waals surface area contributed by atoms with Crippen molar-refractivity contribution in [3.63, 3.8) is 0 Å². The van der Waals surface area contributed by atoms with Crippen LogP contribution in [0.2, 0.25) is 0 Å². The number of esters is 2. The first-order valence-corrected chi connectivity index (χ1v) is 50.7. The Labute approximate surface area is 769 Å². The van der Waals surface area contributed by atoms with Crippen molar-refractivity contribution < 1.29 is 141 Å². The smallest absolute Gasteiger partial charge is 0.407 e. The van der Waals surface area contributed by atoms with Crippen molar-refractivity contribution >= 4 is 74.7 Å². The number of aliphatic hydroxyl groups is 9. The molecule has 2 saturated carbocycles. The number of carbonyl (C=O) groups excluding carboxylic acids is 9. The molecule has 0 spiro atoms. The standard InChI is InChI=1S/C93H166N4O29S2/c1-67-77(58-70(63-98)88(112)85(67)109)120-46-23-32-73(101)30-15-9-6-14-22-45-96-92(115)125-51-29-42-93(40-27-49-122-83(107)37-16-10-7-12-20-43-94-80(104)34-24-47-121-78-59-71(64-99)89(113)86(110)68(78)2,41-28-50-123-84(108)38-17-11-8-13-21-44-95-81(105)35-25-48-124-91-69(3)87(111)90(114)79(65-100)126-91)61-75(103)39-52-118-53-54-119-55-57-128-127-56-26-33-74(102)31-18-19-36-82(106)97-62-76(117-5)60-72(97)66-116-4/h67-72,76-79,85-91,98-100,109-114H,6-66H2,1-5H3,(H,94,104)(H,95,105)(H,96,115)/t67?,68?,69?,70?,71?,72-,76+,77?,78?,79?,85?,86?,87?,88?,89?,90?,91?,93?/m1/s1. The highest BCUT2D eigenvalue weighted by Crippen LogP contribution is 2.41. The van der Waals surface area contributed by atoms with E-state index in [4.69, 9.17) is 52.1 Å². The Morgan fingerprint density at radius 3 is 1.38 bits per heavy atom. The number of nitrogens with one attached hydrogen (secondary N) is 3. The number of unbranched alkanes of at least 4 members (excludes halogenated alkanes) is 13. The molecule has 16 unspecified atom stereocenters. The van der Waals surface area contributed by atoms with Gasteiger partial charge in [0.25, 0.3) is 0 Å². The fourth-order valence-corrected chi connectivity index (χ4v) is 19.1. The number of Topliss-reactive ketones (excluding diaryl/α,β-unsaturated/α-hetero) is 3. The maximum Gasteiger partial charge on any atom is 0.407 e. The minimum Gasteiger partial charge on any atom is -0.466 e. The largest absolute Gasteiger partial charge is 0.466 e. The Morgan fingerprint density at radius 1 is 0.406 bits per heavy atom. The predicted octanol–water partition coefficient (Wildman–Crippen LogP) is 8.83. The number of aliphatic hydroxyl groups excluding tert-OH is 9. The van der Waals surface area contributed by atoms with E-state index >= 15 is 0 Å². The van der Waals surface area contributed by atoms with Crippen molar-refractivity contribution in [1.82, 2.24) is 20.9 Å². The monoisotopic (exact) mass is 1870 g/mol. The zero-order valence-electron chi connectivity index (χ0n) is 77.9. The van der Waals surface area contributed by atoms with Crippen LogP contribution in [0.1, 0.15) is 284 Å². The third-order valence-electron chi connectivity index (χ3n) is 25.3. The molecule has 4 amide bonds. The number of hydrogen-bond donors (Lipinski definition) is 12. The molecule has 35 heteroatoms. The van der Waals surface area contributed by atoms with Crippen molar-refractivity contribution in [3.8, 4) is 0 Å². The van der Waals surface area contributed by atoms with Crippen LogP contribution in [0, 0.1) is 35.0 Å². The summed E-state index contributed by atoms with van der Waals surface area (Å²) in [5.74, 6) is -0.957. The summed E-state index contributed by atoms with van der Waals surface area (Å²) in [5, 5.41) is 99.1. The molecule has 2 aliphatic carbocycles. The zero-order chi connectivity index (χ0) is 93.5. The highest BCUT2D eigenvalue weighted by molar-refractivity contribution is 8.76. The number of methoxy groups -OCH3 is 2. The Hall–Kier alpha value is -4.35. The maximum absolute atomic E-state index is 14.2. The molecule has 128 heavy (non-hydrogen) atoms. The molecule has 0 aromatic heterocycles. The van der Waals surface area contributed by atoms with Crippen LogP contribution in [0.5, 0.6) is 0 Å². The highest BCUT2D eigenvalue weighted by Gasteiger charge is 2.45. The first kappa shape index (κ1) is 116. The summed E-state index contributed by atoms with van der Waals surface area (Å²) in [7, 11) is 6.66. The number of ether oxygens (including phenoxy) is 11. The van der Waals surface area contributed by atoms with Gasteiger partial charge in [-0.15, -0.1) is 0 Å². The van der Waals surface area contributed by atoms with Crippen molar-refractivity contribution in [3.05, 3.63) is 0 Å². The SMILES string of the molecule is COC[C@H]1C[C@H](OC)CN1C(=O)CCCCC(=O)CCCSSCCOCCOCCC(=O)CC(CCCOC(=O)CCCCCCCNC(=O)CCCOC1CC(CO)C(O)C(O)C1C)(CCCOC(=O)CCCCCCCNC(=O)CCCOC1OC(CO)C(O)C(O)C1C)CCCOC(=O)NCCCCCCCC(=O)CCCOC1CC(CO)C(O)C(O)C1C. The van der Waals surface area contributed by atoms with Crippen molar-refractivity contribution in [2.75, 3.05) is 144 Å². The normalized spacial score (nSPS) is 24.6. The number of nitrogens with zero attached hydrogens (tertiary/aromatic N) is 1. The van der Waals surface area contributed by atoms with Gasteiger partial charge in [0.1, 0.15) is 29.6 Å². The molecule has 2 saturated heterocycles. The molecule has 33 nitrogen and oxygen atoms in total. The van der Waals surface area contributed by atoms with Crippen LogP contribution in [0.15, 0.2) is 0 Å². The molecule has 18 atom stereocenters. The van der Waals surface area contributed by atoms with E-state index in [0.717, 1.165) is 101 Å². The molecule has 4 aliphatic rings. The molecule has 12 N–H and O–H groups in total. The second-order valence-corrected chi connectivity index (χ2v) is 38.3. The van der Waals surface area contributed by atoms with E-state index in [1.54, 1.807) is 49.7 Å². The molecule has 0 radical (unpaired) electrons. The number of ketones is 3. The molecule has 0 bridgehead atoms. The molecule has 0 aromatic rings. The zero-order valence-corrected chi connectivity index (χ0v) is 79.5. The van der Waals surface area contributed by atoms with E-state index in [1.807, 2.05) is 11.8 Å². The van der Waals surface area contributed by atoms with Crippen LogP contribution in [0.3, 0.4) is 0 Å². The summed E-state index contributed by atoms with van der Waals surface area (Å²) in [4.78, 5) is 119. The maximum atomic E-state index is 14.2. The molecular weight excluding hydrogens is 1700 g/mol. The van der Waals surface area contributed by atoms with Gasteiger partial charge in [-0.3, -0.25) is 38.4 Å². The molecule has 2 heterocycles. The molecule has 744 valence electrons. The Kier molecular flexibility index (Phi) is 64.5. The summed E-state index contributed by atoms with van der Waals surface area (Å²) < 4.78 is 63.1. The van der Waals surface area contributed by atoms with Gasteiger partial charge in [0.15, 0.2) is 6.29 Å². The van der Waals surface area contributed by atoms with Crippen molar-refractivity contribution in [1.29, 1.82) is 0 Å². The van der Waals surface area contributed by atoms with Crippen LogP contribution < -0.4 is 16.0 Å². The molecule has 4 fully saturated rings. The summed E-state index contributed by atoms with van der Waals surface area (Å²) in [5.41, 5.74) is -0.663. The lowest BCUT2D eigenvalue weighted by Crippen LogP contribution is -2.55. The van der Waals surface area contributed by atoms with Gasteiger partial charge in [-0.2, -0.15) is 0 Å². The second-order valence-electron chi connectivity index (χ2n) is 35.6. The molecule has 2 aliphatic heterocycles. The number of amides is 4. The number of hydrogen-bond acceptors (Lipinski definition) is 31. The summed E-state index contributed by atoms with van der Waals surface area (Å²) >= 11 is 0. The van der Waals surface area contributed by atoms with Gasteiger partial charge in [-0.1, -0.05) is 100 Å². The molecule has 0 aromatic carbocycles. The van der Waals surface area contributed by atoms with Crippen LogP contribution in [0.4, 0.5) is 4.79 Å². The van der Waals surface area contributed by atoms with E-state index in [1.165, 1.54) is 0 Å². The predicted molar refractivity (Wildman–Crippen MR) is 485 cm³/mol. The number of carbonyl (C=O) groups is 9. The van der Waals surface area contributed by atoms with Crippen LogP contribution in [-0.2, 0) is 90.5 Å². The molecule has 4 rings (SSSR count). The average Bonchev–Trinajstić information content (AvgIpc) is 1.26. The lowest BCUT2D eigenvalue weighted by molar-refractivity contribution is -0.282. The van der Waals surface area contributed by atoms with Gasteiger partial charge >= 0.3 is 18.0 Å². The lowest BCUT2D eigenvalue weighted by Gasteiger charge is -2.40. The third-order valence-corrected chi connectivity index (χ3v) is 27.7. The van der Waals surface area contributed by atoms with Crippen LogP contribution in [-0.4, -0.2) is 322 Å². The minimum atomic E-state index is -1.22. The Morgan fingerprint density at radius 2 is 0.852 bits per heavy atom. The Bertz CT molecular complexity index is 2770. The van der Waals surface area contributed by atoms with Gasteiger partial charge in [0.05, 0.1) is 121 Å². The van der Waals surface area contributed by atoms with Gasteiger partial charge in [0, 0.05) is 179 Å². The van der Waals surface area contributed by atoms with Gasteiger partial charge in [-0.05, 0) is 140 Å². The van der Waals surface area contributed by atoms with Gasteiger partial charge in [-0.25, -0.2) is 4.79 Å². The second kappa shape index (κ2) is 71.2. The average molecular weight is 1870 g/mol. The van der Waals surface area contributed by atoms with Gasteiger partial charge in [0.2, 0.25) is 17.7 Å². The first-order valence-electron chi connectivity index (χ1n) is 48.2. The third kappa shape index (κ3) is 49.8. The minimum absolute atomic E-state index is 0.0116. The number of rotatable bonds is 78. The fraction of sp³-hybridized carbons (Fsp3) is 0.903. The van der Waals surface area contributed by atoms with E-state index in [0.29, 0.717) is 194 Å². The number of likely N-dealkylation sites (tertiary alicyclic amines) is 1. The highest BCUT2D eigenvalue weighted by atomic mass is 33.1. The summed E-state index contributed by atoms with van der Waals surface area (Å²) in [6.07, 6.45) is 13.9.